The zero-order chi connectivity index (χ0) is 15.6. The molecule has 21 heavy (non-hydrogen) atoms. The quantitative estimate of drug-likeness (QED) is 0.908. The van der Waals surface area contributed by atoms with E-state index in [4.69, 9.17) is 19.0 Å². The molecule has 1 heterocycles. The third kappa shape index (κ3) is 2.92. The number of aromatic carboxylic acids is 1. The summed E-state index contributed by atoms with van der Waals surface area (Å²) in [6.07, 6.45) is 0. The van der Waals surface area contributed by atoms with Crippen LogP contribution in [0.3, 0.4) is 0 Å². The lowest BCUT2D eigenvalue weighted by Gasteiger charge is -2.11. The van der Waals surface area contributed by atoms with Gasteiger partial charge in [-0.05, 0) is 40.2 Å². The second-order valence-corrected chi connectivity index (χ2v) is 4.85. The van der Waals surface area contributed by atoms with E-state index in [-0.39, 0.29) is 5.76 Å². The smallest absolute Gasteiger partial charge is 0.350 e. The minimum absolute atomic E-state index is 0.220. The zero-order valence-corrected chi connectivity index (χ0v) is 12.8. The van der Waals surface area contributed by atoms with Crippen molar-refractivity contribution in [3.63, 3.8) is 0 Å². The molecule has 0 unspecified atom stereocenters. The highest BCUT2D eigenvalue weighted by molar-refractivity contribution is 9.10. The van der Waals surface area contributed by atoms with Gasteiger partial charge in [-0.25, -0.2) is 9.59 Å². The third-order valence-electron chi connectivity index (χ3n) is 2.79. The predicted molar refractivity (Wildman–Crippen MR) is 78.2 cm³/mol. The van der Waals surface area contributed by atoms with E-state index < -0.39 is 17.2 Å². The first-order valence-corrected chi connectivity index (χ1v) is 6.56. The maximum Gasteiger partial charge on any atom is 0.350 e. The van der Waals surface area contributed by atoms with Crippen LogP contribution in [0.25, 0.3) is 11.3 Å². The molecule has 7 heteroatoms. The van der Waals surface area contributed by atoms with Gasteiger partial charge in [0.25, 0.3) is 0 Å². The number of methoxy groups -OCH3 is 2. The molecular weight excluding hydrogens is 344 g/mol. The number of hydrogen-bond acceptors (Lipinski definition) is 5. The van der Waals surface area contributed by atoms with Gasteiger partial charge in [0.2, 0.25) is 0 Å². The van der Waals surface area contributed by atoms with Gasteiger partial charge in [-0.15, -0.1) is 0 Å². The highest BCUT2D eigenvalue weighted by Gasteiger charge is 2.16. The van der Waals surface area contributed by atoms with Crippen molar-refractivity contribution in [2.24, 2.45) is 0 Å². The number of ether oxygens (including phenoxy) is 2. The van der Waals surface area contributed by atoms with Gasteiger partial charge in [-0.2, -0.15) is 0 Å². The van der Waals surface area contributed by atoms with Crippen molar-refractivity contribution in [3.05, 3.63) is 44.7 Å². The molecule has 0 saturated carbocycles. The Morgan fingerprint density at radius 2 is 1.81 bits per heavy atom. The van der Waals surface area contributed by atoms with E-state index in [2.05, 4.69) is 15.9 Å². The van der Waals surface area contributed by atoms with Gasteiger partial charge >= 0.3 is 11.6 Å². The van der Waals surface area contributed by atoms with Gasteiger partial charge in [0.1, 0.15) is 11.3 Å². The predicted octanol–water partition coefficient (Wildman–Crippen LogP) is 2.78. The van der Waals surface area contributed by atoms with Crippen LogP contribution in [0.15, 0.2) is 37.9 Å². The van der Waals surface area contributed by atoms with Crippen LogP contribution in [0.4, 0.5) is 0 Å². The fourth-order valence-corrected chi connectivity index (χ4v) is 2.28. The molecule has 0 bridgehead atoms. The van der Waals surface area contributed by atoms with Crippen molar-refractivity contribution in [1.29, 1.82) is 0 Å². The van der Waals surface area contributed by atoms with Gasteiger partial charge in [-0.1, -0.05) is 0 Å². The summed E-state index contributed by atoms with van der Waals surface area (Å²) in [5.41, 5.74) is -0.793. The number of rotatable bonds is 4. The highest BCUT2D eigenvalue weighted by atomic mass is 79.9. The maximum absolute atomic E-state index is 11.6. The molecule has 6 nitrogen and oxygen atoms in total. The van der Waals surface area contributed by atoms with Crippen molar-refractivity contribution >= 4 is 21.9 Å². The summed E-state index contributed by atoms with van der Waals surface area (Å²) >= 11 is 3.35. The van der Waals surface area contributed by atoms with Crippen molar-refractivity contribution in [1.82, 2.24) is 0 Å². The summed E-state index contributed by atoms with van der Waals surface area (Å²) in [6, 6.07) is 5.91. The molecule has 0 radical (unpaired) electrons. The van der Waals surface area contributed by atoms with Gasteiger partial charge < -0.3 is 19.0 Å². The molecule has 1 aromatic carbocycles. The average molecular weight is 355 g/mol. The Balaban J connectivity index is 2.59. The normalized spacial score (nSPS) is 10.2. The van der Waals surface area contributed by atoms with E-state index in [1.165, 1.54) is 26.4 Å². The summed E-state index contributed by atoms with van der Waals surface area (Å²) in [5, 5.41) is 8.83. The van der Waals surface area contributed by atoms with Crippen molar-refractivity contribution in [3.8, 4) is 22.8 Å². The number of hydrogen-bond donors (Lipinski definition) is 1. The first-order chi connectivity index (χ1) is 9.97. The van der Waals surface area contributed by atoms with E-state index in [9.17, 15) is 9.59 Å². The third-order valence-corrected chi connectivity index (χ3v) is 3.45. The minimum Gasteiger partial charge on any atom is -0.493 e. The van der Waals surface area contributed by atoms with Crippen molar-refractivity contribution in [2.45, 2.75) is 0 Å². The molecule has 0 aliphatic heterocycles. The molecule has 0 aliphatic rings. The first kappa shape index (κ1) is 15.1. The van der Waals surface area contributed by atoms with Gasteiger partial charge in [-0.3, -0.25) is 0 Å². The zero-order valence-electron chi connectivity index (χ0n) is 11.2. The average Bonchev–Trinajstić information content (AvgIpc) is 2.46. The topological polar surface area (TPSA) is 86.0 Å². The molecule has 2 aromatic rings. The molecule has 0 aliphatic carbocycles. The largest absolute Gasteiger partial charge is 0.493 e. The second kappa shape index (κ2) is 6.01. The van der Waals surface area contributed by atoms with Crippen LogP contribution in [0.1, 0.15) is 10.4 Å². The number of benzene rings is 1. The molecule has 0 amide bonds. The minimum atomic E-state index is -1.33. The summed E-state index contributed by atoms with van der Waals surface area (Å²) in [6.45, 7) is 0. The van der Waals surface area contributed by atoms with Crippen LogP contribution in [0.2, 0.25) is 0 Å². The van der Waals surface area contributed by atoms with E-state index >= 15 is 0 Å². The Hall–Kier alpha value is -2.28. The van der Waals surface area contributed by atoms with Crippen molar-refractivity contribution < 1.29 is 23.8 Å². The van der Waals surface area contributed by atoms with Crippen LogP contribution in [-0.2, 0) is 0 Å². The summed E-state index contributed by atoms with van der Waals surface area (Å²) in [7, 11) is 2.99. The fraction of sp³-hybridized carbons (Fsp3) is 0.143. The summed E-state index contributed by atoms with van der Waals surface area (Å²) < 4.78 is 16.0. The standard InChI is InChI=1S/C14H11BrO6/c1-19-11-5-8(9(15)6-12(11)20-2)10-4-3-7(13(16)17)14(18)21-10/h3-6H,1-2H3,(H,16,17). The van der Waals surface area contributed by atoms with Gasteiger partial charge in [0.05, 0.1) is 14.2 Å². The molecule has 0 saturated heterocycles. The monoisotopic (exact) mass is 354 g/mol. The van der Waals surface area contributed by atoms with Crippen LogP contribution in [0, 0.1) is 0 Å². The molecule has 110 valence electrons. The lowest BCUT2D eigenvalue weighted by atomic mass is 10.1. The molecule has 2 rings (SSSR count). The molecule has 1 N–H and O–H groups in total. The Bertz CT molecular complexity index is 750. The molecule has 1 aromatic heterocycles. The molecule has 0 atom stereocenters. The van der Waals surface area contributed by atoms with Crippen LogP contribution >= 0.6 is 15.9 Å². The summed E-state index contributed by atoms with van der Waals surface area (Å²) in [4.78, 5) is 22.4. The maximum atomic E-state index is 11.6. The number of carbonyl (C=O) groups is 1. The van der Waals surface area contributed by atoms with Crippen LogP contribution in [0.5, 0.6) is 11.5 Å². The first-order valence-electron chi connectivity index (χ1n) is 5.77. The fourth-order valence-electron chi connectivity index (χ4n) is 1.76. The Morgan fingerprint density at radius 3 is 2.33 bits per heavy atom. The second-order valence-electron chi connectivity index (χ2n) is 3.99. The van der Waals surface area contributed by atoms with E-state index in [1.807, 2.05) is 0 Å². The van der Waals surface area contributed by atoms with Gasteiger partial charge in [0.15, 0.2) is 11.5 Å². The molecule has 0 fully saturated rings. The number of halogens is 1. The van der Waals surface area contributed by atoms with Crippen LogP contribution < -0.4 is 15.1 Å². The SMILES string of the molecule is COc1cc(Br)c(-c2ccc(C(=O)O)c(=O)o2)cc1OC. The number of carboxylic acid groups (broad SMARTS) is 1. The van der Waals surface area contributed by atoms with Gasteiger partial charge in [0, 0.05) is 10.0 Å². The van der Waals surface area contributed by atoms with E-state index in [1.54, 1.807) is 12.1 Å². The van der Waals surface area contributed by atoms with Crippen molar-refractivity contribution in [2.75, 3.05) is 14.2 Å². The lowest BCUT2D eigenvalue weighted by Crippen LogP contribution is -2.13. The Labute approximate surface area is 128 Å². The Kier molecular flexibility index (Phi) is 4.32. The lowest BCUT2D eigenvalue weighted by molar-refractivity contribution is 0.0692. The number of carboxylic acids is 1. The Morgan fingerprint density at radius 1 is 1.19 bits per heavy atom. The molecular formula is C14H11BrO6. The van der Waals surface area contributed by atoms with E-state index in [0.29, 0.717) is 21.5 Å². The van der Waals surface area contributed by atoms with Crippen LogP contribution in [-0.4, -0.2) is 25.3 Å². The summed E-state index contributed by atoms with van der Waals surface area (Å²) in [5.74, 6) is -0.141. The molecule has 0 spiro atoms. The highest BCUT2D eigenvalue weighted by Crippen LogP contribution is 2.38. The van der Waals surface area contributed by atoms with E-state index in [0.717, 1.165) is 0 Å².